The van der Waals surface area contributed by atoms with Crippen LogP contribution in [0.2, 0.25) is 0 Å². The van der Waals surface area contributed by atoms with Crippen LogP contribution in [0.15, 0.2) is 83.9 Å². The number of anilines is 2. The minimum absolute atomic E-state index is 0.163. The summed E-state index contributed by atoms with van der Waals surface area (Å²) in [5.41, 5.74) is 1.61. The zero-order valence-corrected chi connectivity index (χ0v) is 21.2. The first kappa shape index (κ1) is 26.2. The lowest BCUT2D eigenvalue weighted by molar-refractivity contribution is -0.384. The fourth-order valence-electron chi connectivity index (χ4n) is 3.88. The third-order valence-electron chi connectivity index (χ3n) is 5.98. The molecule has 0 spiro atoms. The molecule has 1 aliphatic heterocycles. The number of nitro groups is 1. The molecule has 3 amide bonds. The highest BCUT2D eigenvalue weighted by Gasteiger charge is 2.36. The van der Waals surface area contributed by atoms with Crippen molar-refractivity contribution in [3.63, 3.8) is 0 Å². The van der Waals surface area contributed by atoms with Gasteiger partial charge in [-0.15, -0.1) is 0 Å². The summed E-state index contributed by atoms with van der Waals surface area (Å²) in [5, 5.41) is 16.2. The van der Waals surface area contributed by atoms with E-state index in [1.54, 1.807) is 32.9 Å². The van der Waals surface area contributed by atoms with E-state index in [0.29, 0.717) is 17.0 Å². The first-order valence-corrected chi connectivity index (χ1v) is 11.9. The molecule has 3 aromatic carbocycles. The Kier molecular flexibility index (Phi) is 7.33. The van der Waals surface area contributed by atoms with Gasteiger partial charge in [-0.2, -0.15) is 0 Å². The van der Waals surface area contributed by atoms with Crippen molar-refractivity contribution in [1.82, 2.24) is 5.32 Å². The molecule has 0 fully saturated rings. The molecule has 0 aromatic heterocycles. The Bertz CT molecular complexity index is 1430. The second-order valence-electron chi connectivity index (χ2n) is 9.77. The number of nitrogens with zero attached hydrogens (tertiary/aromatic N) is 3. The summed E-state index contributed by atoms with van der Waals surface area (Å²) < 4.78 is 0. The van der Waals surface area contributed by atoms with Crippen LogP contribution in [0, 0.1) is 15.5 Å². The minimum atomic E-state index is -1.37. The Morgan fingerprint density at radius 1 is 1.00 bits per heavy atom. The van der Waals surface area contributed by atoms with Gasteiger partial charge in [0.2, 0.25) is 6.17 Å². The van der Waals surface area contributed by atoms with Crippen molar-refractivity contribution in [2.75, 3.05) is 16.8 Å². The van der Waals surface area contributed by atoms with E-state index >= 15 is 0 Å². The summed E-state index contributed by atoms with van der Waals surface area (Å²) in [6, 6.07) is 21.0. The molecule has 1 aliphatic rings. The third kappa shape index (κ3) is 5.75. The van der Waals surface area contributed by atoms with Gasteiger partial charge in [0.1, 0.15) is 0 Å². The number of carbonyl (C=O) groups excluding carboxylic acids is 3. The summed E-state index contributed by atoms with van der Waals surface area (Å²) in [6.45, 7) is 5.12. The second-order valence-corrected chi connectivity index (χ2v) is 9.77. The highest BCUT2D eigenvalue weighted by atomic mass is 16.6. The number of amides is 3. The number of benzodiazepines with no additional fused rings is 1. The first-order valence-electron chi connectivity index (χ1n) is 11.9. The van der Waals surface area contributed by atoms with Crippen LogP contribution in [0.25, 0.3) is 0 Å². The molecule has 0 radical (unpaired) electrons. The zero-order chi connectivity index (χ0) is 27.4. The highest BCUT2D eigenvalue weighted by molar-refractivity contribution is 6.21. The molecule has 2 N–H and O–H groups in total. The van der Waals surface area contributed by atoms with E-state index in [-0.39, 0.29) is 23.7 Å². The van der Waals surface area contributed by atoms with Gasteiger partial charge < -0.3 is 15.5 Å². The molecule has 0 saturated carbocycles. The number of non-ortho nitro benzene ring substituents is 1. The van der Waals surface area contributed by atoms with Crippen LogP contribution in [-0.2, 0) is 9.59 Å². The SMILES string of the molecule is CC(C)(C)C(=O)CN1C(=O)C(NC(=O)Nc2cccc([N+](=O)[O-])c2)N=C(c2ccccc2)c2ccccc21. The topological polar surface area (TPSA) is 134 Å². The largest absolute Gasteiger partial charge is 0.321 e. The molecular formula is C28H27N5O5. The van der Waals surface area contributed by atoms with Crippen molar-refractivity contribution >= 4 is 40.5 Å². The van der Waals surface area contributed by atoms with Gasteiger partial charge in [-0.3, -0.25) is 19.7 Å². The lowest BCUT2D eigenvalue weighted by atomic mass is 9.90. The van der Waals surface area contributed by atoms with Crippen LogP contribution in [0.1, 0.15) is 31.9 Å². The molecule has 1 unspecified atom stereocenters. The Morgan fingerprint density at radius 2 is 1.68 bits per heavy atom. The number of nitro benzene ring substituents is 1. The molecule has 0 saturated heterocycles. The van der Waals surface area contributed by atoms with E-state index in [9.17, 15) is 24.5 Å². The number of aliphatic imine (C=N–C) groups is 1. The van der Waals surface area contributed by atoms with Crippen LogP contribution < -0.4 is 15.5 Å². The van der Waals surface area contributed by atoms with Crippen molar-refractivity contribution in [3.8, 4) is 0 Å². The number of benzene rings is 3. The molecule has 38 heavy (non-hydrogen) atoms. The number of ketones is 1. The van der Waals surface area contributed by atoms with E-state index in [0.717, 1.165) is 5.56 Å². The van der Waals surface area contributed by atoms with Gasteiger partial charge in [-0.1, -0.05) is 75.4 Å². The monoisotopic (exact) mass is 513 g/mol. The Balaban J connectivity index is 1.74. The van der Waals surface area contributed by atoms with Gasteiger partial charge in [0.15, 0.2) is 5.78 Å². The van der Waals surface area contributed by atoms with Gasteiger partial charge >= 0.3 is 6.03 Å². The van der Waals surface area contributed by atoms with Crippen molar-refractivity contribution in [2.45, 2.75) is 26.9 Å². The van der Waals surface area contributed by atoms with E-state index in [2.05, 4.69) is 15.6 Å². The number of rotatable bonds is 6. The average molecular weight is 514 g/mol. The van der Waals surface area contributed by atoms with Gasteiger partial charge in [0.25, 0.3) is 11.6 Å². The van der Waals surface area contributed by atoms with Crippen LogP contribution in [0.4, 0.5) is 21.9 Å². The normalized spacial score (nSPS) is 15.1. The summed E-state index contributed by atoms with van der Waals surface area (Å²) in [7, 11) is 0. The molecule has 10 nitrogen and oxygen atoms in total. The van der Waals surface area contributed by atoms with E-state index in [1.807, 2.05) is 42.5 Å². The van der Waals surface area contributed by atoms with Gasteiger partial charge in [-0.25, -0.2) is 9.79 Å². The molecule has 1 atom stereocenters. The van der Waals surface area contributed by atoms with Crippen LogP contribution in [0.5, 0.6) is 0 Å². The maximum atomic E-state index is 13.8. The predicted octanol–water partition coefficient (Wildman–Crippen LogP) is 4.54. The number of nitrogens with one attached hydrogen (secondary N) is 2. The summed E-state index contributed by atoms with van der Waals surface area (Å²) >= 11 is 0. The lowest BCUT2D eigenvalue weighted by Gasteiger charge is -2.28. The molecule has 10 heteroatoms. The molecule has 1 heterocycles. The van der Waals surface area contributed by atoms with Crippen molar-refractivity contribution in [2.24, 2.45) is 10.4 Å². The van der Waals surface area contributed by atoms with E-state index in [1.165, 1.54) is 29.2 Å². The van der Waals surface area contributed by atoms with Crippen LogP contribution in [0.3, 0.4) is 0 Å². The van der Waals surface area contributed by atoms with Crippen molar-refractivity contribution < 1.29 is 19.3 Å². The second kappa shape index (κ2) is 10.6. The molecular weight excluding hydrogens is 486 g/mol. The Morgan fingerprint density at radius 3 is 2.37 bits per heavy atom. The standard InChI is InChI=1S/C28H27N5O5/c1-28(2,3)23(34)17-32-22-15-8-7-14-21(22)24(18-10-5-4-6-11-18)30-25(26(32)35)31-27(36)29-19-12-9-13-20(16-19)33(37)38/h4-16,25H,17H2,1-3H3,(H2,29,31,36). The molecule has 3 aromatic rings. The maximum absolute atomic E-state index is 13.8. The average Bonchev–Trinajstić information content (AvgIpc) is 2.99. The fraction of sp³-hybridized carbons (Fsp3) is 0.214. The quantitative estimate of drug-likeness (QED) is 0.369. The van der Waals surface area contributed by atoms with Gasteiger partial charge in [0.05, 0.1) is 22.9 Å². The number of hydrogen-bond acceptors (Lipinski definition) is 6. The zero-order valence-electron chi connectivity index (χ0n) is 21.2. The molecule has 194 valence electrons. The first-order chi connectivity index (χ1) is 18.0. The number of para-hydroxylation sites is 1. The number of hydrogen-bond donors (Lipinski definition) is 2. The van der Waals surface area contributed by atoms with Crippen molar-refractivity contribution in [1.29, 1.82) is 0 Å². The Hall–Kier alpha value is -4.86. The number of fused-ring (bicyclic) bond motifs is 1. The van der Waals surface area contributed by atoms with Crippen LogP contribution in [-0.4, -0.2) is 41.1 Å². The predicted molar refractivity (Wildman–Crippen MR) is 144 cm³/mol. The third-order valence-corrected chi connectivity index (χ3v) is 5.98. The van der Waals surface area contributed by atoms with Gasteiger partial charge in [-0.05, 0) is 12.1 Å². The fourth-order valence-corrected chi connectivity index (χ4v) is 3.88. The lowest BCUT2D eigenvalue weighted by Crippen LogP contribution is -2.50. The molecule has 0 bridgehead atoms. The molecule has 4 rings (SSSR count). The van der Waals surface area contributed by atoms with E-state index in [4.69, 9.17) is 0 Å². The highest BCUT2D eigenvalue weighted by Crippen LogP contribution is 2.29. The van der Waals surface area contributed by atoms with Crippen LogP contribution >= 0.6 is 0 Å². The maximum Gasteiger partial charge on any atom is 0.321 e. The smallest absolute Gasteiger partial charge is 0.308 e. The molecule has 0 aliphatic carbocycles. The van der Waals surface area contributed by atoms with Gasteiger partial charge in [0, 0.05) is 34.4 Å². The number of carbonyl (C=O) groups is 3. The number of Topliss-reactive ketones (excluding diaryl/α,β-unsaturated/α-hetero) is 1. The number of urea groups is 1. The Labute approximate surface area is 219 Å². The minimum Gasteiger partial charge on any atom is -0.308 e. The summed E-state index contributed by atoms with van der Waals surface area (Å²) in [5.74, 6) is -0.751. The van der Waals surface area contributed by atoms with Crippen molar-refractivity contribution in [3.05, 3.63) is 100 Å². The van der Waals surface area contributed by atoms with E-state index < -0.39 is 28.4 Å². The summed E-state index contributed by atoms with van der Waals surface area (Å²) in [6.07, 6.45) is -1.37. The summed E-state index contributed by atoms with van der Waals surface area (Å²) in [4.78, 5) is 56.3.